The van der Waals surface area contributed by atoms with Gasteiger partial charge in [0.2, 0.25) is 0 Å². The number of fused-ring (bicyclic) bond motifs is 3. The molecule has 0 saturated carbocycles. The number of hydrogen-bond donors (Lipinski definition) is 3. The van der Waals surface area contributed by atoms with Gasteiger partial charge in [0.15, 0.2) is 0 Å². The van der Waals surface area contributed by atoms with Crippen LogP contribution >= 0.6 is 0 Å². The van der Waals surface area contributed by atoms with Gasteiger partial charge in [-0.15, -0.1) is 0 Å². The van der Waals surface area contributed by atoms with Gasteiger partial charge in [0.05, 0.1) is 18.4 Å². The molecule has 0 spiro atoms. The number of alkyl halides is 3. The summed E-state index contributed by atoms with van der Waals surface area (Å²) in [5, 5.41) is 9.56. The number of hydrogen-bond acceptors (Lipinski definition) is 4. The highest BCUT2D eigenvalue weighted by Gasteiger charge is 2.42. The average Bonchev–Trinajstić information content (AvgIpc) is 3.03. The molecule has 0 bridgehead atoms. The summed E-state index contributed by atoms with van der Waals surface area (Å²) in [6.45, 7) is 1.90. The molecular weight excluding hydrogens is 355 g/mol. The molecule has 2 aromatic carbocycles. The van der Waals surface area contributed by atoms with Gasteiger partial charge in [-0.1, -0.05) is 18.2 Å². The molecule has 2 heterocycles. The number of piperidine rings is 1. The third kappa shape index (κ3) is 3.43. The molecule has 4 rings (SSSR count). The Bertz CT molecular complexity index is 838. The Morgan fingerprint density at radius 1 is 1.22 bits per heavy atom. The maximum atomic E-state index is 13.7. The zero-order chi connectivity index (χ0) is 19.0. The highest BCUT2D eigenvalue weighted by atomic mass is 19.4. The van der Waals surface area contributed by atoms with E-state index in [9.17, 15) is 13.2 Å². The van der Waals surface area contributed by atoms with Crippen LogP contribution in [0, 0.1) is 0 Å². The largest absolute Gasteiger partial charge is 0.496 e. The van der Waals surface area contributed by atoms with Crippen molar-refractivity contribution in [1.29, 1.82) is 0 Å². The molecular formula is C20H22F3N3O. The van der Waals surface area contributed by atoms with E-state index in [1.165, 1.54) is 6.07 Å². The first-order valence-corrected chi connectivity index (χ1v) is 9.05. The molecule has 0 amide bonds. The first-order chi connectivity index (χ1) is 13.0. The normalized spacial score (nSPS) is 21.2. The SMILES string of the molecule is COc1ccccc1CNc1cc2c(c(C(F)(F)F)c1)N[C@@H]1CCNC[C@H]21. The third-order valence-corrected chi connectivity index (χ3v) is 5.36. The fourth-order valence-electron chi connectivity index (χ4n) is 4.03. The summed E-state index contributed by atoms with van der Waals surface area (Å²) in [7, 11) is 1.58. The first kappa shape index (κ1) is 18.0. The standard InChI is InChI=1S/C20H22F3N3O/c1-27-18-5-3-2-4-12(18)10-25-13-8-14-15-11-24-7-6-17(15)26-19(14)16(9-13)20(21,22)23/h2-5,8-9,15,17,24-26H,6-7,10-11H2,1H3/t15-,17-/m1/s1. The maximum Gasteiger partial charge on any atom is 0.418 e. The number of rotatable bonds is 4. The molecule has 2 aliphatic heterocycles. The van der Waals surface area contributed by atoms with Crippen molar-refractivity contribution in [3.05, 3.63) is 53.1 Å². The fraction of sp³-hybridized carbons (Fsp3) is 0.400. The Morgan fingerprint density at radius 2 is 2.04 bits per heavy atom. The minimum Gasteiger partial charge on any atom is -0.496 e. The molecule has 4 nitrogen and oxygen atoms in total. The van der Waals surface area contributed by atoms with Gasteiger partial charge >= 0.3 is 6.18 Å². The van der Waals surface area contributed by atoms with Gasteiger partial charge in [-0.25, -0.2) is 0 Å². The molecule has 2 aliphatic rings. The van der Waals surface area contributed by atoms with E-state index in [0.717, 1.165) is 24.1 Å². The summed E-state index contributed by atoms with van der Waals surface area (Å²) >= 11 is 0. The predicted octanol–water partition coefficient (Wildman–Crippen LogP) is 4.20. The van der Waals surface area contributed by atoms with Crippen LogP contribution in [0.15, 0.2) is 36.4 Å². The van der Waals surface area contributed by atoms with Crippen LogP contribution in [0.5, 0.6) is 5.75 Å². The highest BCUT2D eigenvalue weighted by molar-refractivity contribution is 5.71. The average molecular weight is 377 g/mol. The maximum absolute atomic E-state index is 13.7. The van der Waals surface area contributed by atoms with Crippen molar-refractivity contribution in [2.24, 2.45) is 0 Å². The van der Waals surface area contributed by atoms with E-state index in [1.54, 1.807) is 7.11 Å². The summed E-state index contributed by atoms with van der Waals surface area (Å²) in [6.07, 6.45) is -3.58. The number of halogens is 3. The quantitative estimate of drug-likeness (QED) is 0.747. The van der Waals surface area contributed by atoms with Crippen LogP contribution in [0.3, 0.4) is 0 Å². The number of nitrogens with one attached hydrogen (secondary N) is 3. The van der Waals surface area contributed by atoms with Crippen LogP contribution in [0.2, 0.25) is 0 Å². The molecule has 0 radical (unpaired) electrons. The van der Waals surface area contributed by atoms with E-state index in [0.29, 0.717) is 24.5 Å². The lowest BCUT2D eigenvalue weighted by Gasteiger charge is -2.26. The Morgan fingerprint density at radius 3 is 2.81 bits per heavy atom. The van der Waals surface area contributed by atoms with Crippen LogP contribution in [0.4, 0.5) is 24.5 Å². The van der Waals surface area contributed by atoms with E-state index in [2.05, 4.69) is 16.0 Å². The van der Waals surface area contributed by atoms with E-state index < -0.39 is 11.7 Å². The van der Waals surface area contributed by atoms with Gasteiger partial charge in [-0.3, -0.25) is 0 Å². The van der Waals surface area contributed by atoms with E-state index in [1.807, 2.05) is 30.3 Å². The minimum atomic E-state index is -4.40. The van der Waals surface area contributed by atoms with Crippen molar-refractivity contribution in [2.75, 3.05) is 30.8 Å². The smallest absolute Gasteiger partial charge is 0.418 e. The first-order valence-electron chi connectivity index (χ1n) is 9.05. The predicted molar refractivity (Wildman–Crippen MR) is 99.4 cm³/mol. The van der Waals surface area contributed by atoms with Gasteiger partial charge in [0.25, 0.3) is 0 Å². The van der Waals surface area contributed by atoms with Gasteiger partial charge < -0.3 is 20.7 Å². The second-order valence-electron chi connectivity index (χ2n) is 7.00. The van der Waals surface area contributed by atoms with Gasteiger partial charge in [0, 0.05) is 36.3 Å². The molecule has 3 N–H and O–H groups in total. The minimum absolute atomic E-state index is 0.0582. The van der Waals surface area contributed by atoms with Crippen molar-refractivity contribution < 1.29 is 17.9 Å². The molecule has 0 aliphatic carbocycles. The Kier molecular flexibility index (Phi) is 4.63. The van der Waals surface area contributed by atoms with Gasteiger partial charge in [0.1, 0.15) is 5.75 Å². The van der Waals surface area contributed by atoms with Crippen molar-refractivity contribution >= 4 is 11.4 Å². The molecule has 0 unspecified atom stereocenters. The molecule has 2 aromatic rings. The number of para-hydroxylation sites is 1. The lowest BCUT2D eigenvalue weighted by molar-refractivity contribution is -0.136. The number of benzene rings is 2. The molecule has 2 atom stereocenters. The zero-order valence-electron chi connectivity index (χ0n) is 15.0. The summed E-state index contributed by atoms with van der Waals surface area (Å²) in [5.41, 5.74) is 1.75. The summed E-state index contributed by atoms with van der Waals surface area (Å²) in [5.74, 6) is 0.767. The number of ether oxygens (including phenoxy) is 1. The van der Waals surface area contributed by atoms with Crippen LogP contribution < -0.4 is 20.7 Å². The molecule has 0 aromatic heterocycles. The zero-order valence-corrected chi connectivity index (χ0v) is 15.0. The Hall–Kier alpha value is -2.41. The Labute approximate surface area is 156 Å². The summed E-state index contributed by atoms with van der Waals surface area (Å²) in [4.78, 5) is 0. The van der Waals surface area contributed by atoms with E-state index in [4.69, 9.17) is 4.74 Å². The van der Waals surface area contributed by atoms with Gasteiger partial charge in [-0.2, -0.15) is 13.2 Å². The van der Waals surface area contributed by atoms with Crippen LogP contribution in [0.25, 0.3) is 0 Å². The number of anilines is 2. The lowest BCUT2D eigenvalue weighted by Crippen LogP contribution is -2.38. The van der Waals surface area contributed by atoms with E-state index >= 15 is 0 Å². The molecule has 7 heteroatoms. The van der Waals surface area contributed by atoms with Crippen molar-refractivity contribution in [2.45, 2.75) is 31.1 Å². The second-order valence-corrected chi connectivity index (χ2v) is 7.00. The van der Waals surface area contributed by atoms with Crippen LogP contribution in [0.1, 0.15) is 29.0 Å². The third-order valence-electron chi connectivity index (χ3n) is 5.36. The molecule has 27 heavy (non-hydrogen) atoms. The van der Waals surface area contributed by atoms with Crippen molar-refractivity contribution in [1.82, 2.24) is 5.32 Å². The summed E-state index contributed by atoms with van der Waals surface area (Å²) < 4.78 is 46.4. The van der Waals surface area contributed by atoms with Crippen molar-refractivity contribution in [3.63, 3.8) is 0 Å². The topological polar surface area (TPSA) is 45.3 Å². The molecule has 1 saturated heterocycles. The van der Waals surface area contributed by atoms with Gasteiger partial charge in [-0.05, 0) is 36.7 Å². The fourth-order valence-corrected chi connectivity index (χ4v) is 4.03. The summed E-state index contributed by atoms with van der Waals surface area (Å²) in [6, 6.07) is 10.6. The Balaban J connectivity index is 1.66. The highest BCUT2D eigenvalue weighted by Crippen LogP contribution is 2.47. The molecule has 144 valence electrons. The number of methoxy groups -OCH3 is 1. The lowest BCUT2D eigenvalue weighted by atomic mass is 9.89. The second kappa shape index (κ2) is 6.96. The molecule has 1 fully saturated rings. The monoisotopic (exact) mass is 377 g/mol. The van der Waals surface area contributed by atoms with Crippen molar-refractivity contribution in [3.8, 4) is 5.75 Å². The van der Waals surface area contributed by atoms with Crippen LogP contribution in [-0.2, 0) is 12.7 Å². The van der Waals surface area contributed by atoms with Crippen LogP contribution in [-0.4, -0.2) is 26.2 Å². The van der Waals surface area contributed by atoms with E-state index in [-0.39, 0.29) is 17.6 Å².